The highest BCUT2D eigenvalue weighted by Gasteiger charge is 2.06. The van der Waals surface area contributed by atoms with Gasteiger partial charge in [-0.2, -0.15) is 0 Å². The predicted octanol–water partition coefficient (Wildman–Crippen LogP) is 1.09. The van der Waals surface area contributed by atoms with Gasteiger partial charge in [0.15, 0.2) is 0 Å². The van der Waals surface area contributed by atoms with Gasteiger partial charge in [0.2, 0.25) is 5.89 Å². The molecule has 2 aromatic rings. The van der Waals surface area contributed by atoms with E-state index in [0.717, 1.165) is 0 Å². The molecule has 0 aliphatic heterocycles. The van der Waals surface area contributed by atoms with E-state index in [1.165, 1.54) is 0 Å². The lowest BCUT2D eigenvalue weighted by atomic mass is 10.1. The van der Waals surface area contributed by atoms with Crippen LogP contribution in [0.4, 0.5) is 0 Å². The molecule has 2 radical (unpaired) electrons. The zero-order valence-electron chi connectivity index (χ0n) is 6.65. The Morgan fingerprint density at radius 2 is 2.15 bits per heavy atom. The van der Waals surface area contributed by atoms with Crippen molar-refractivity contribution in [2.75, 3.05) is 0 Å². The lowest BCUT2D eigenvalue weighted by Gasteiger charge is -1.97. The molecule has 2 rings (SSSR count). The van der Waals surface area contributed by atoms with E-state index in [1.807, 2.05) is 0 Å². The summed E-state index contributed by atoms with van der Waals surface area (Å²) >= 11 is 0. The number of nitrogens with zero attached hydrogens (tertiary/aromatic N) is 1. The van der Waals surface area contributed by atoms with Crippen LogP contribution in [-0.4, -0.2) is 10.2 Å². The van der Waals surface area contributed by atoms with Gasteiger partial charge in [0, 0.05) is 5.56 Å². The predicted molar refractivity (Wildman–Crippen MR) is 46.0 cm³/mol. The molecule has 13 heavy (non-hydrogen) atoms. The molecule has 0 aliphatic rings. The van der Waals surface area contributed by atoms with Crippen LogP contribution in [0.15, 0.2) is 33.5 Å². The van der Waals surface area contributed by atoms with E-state index in [1.54, 1.807) is 24.3 Å². The zero-order chi connectivity index (χ0) is 9.26. The van der Waals surface area contributed by atoms with Crippen molar-refractivity contribution in [2.24, 2.45) is 0 Å². The third kappa shape index (κ3) is 1.38. The second kappa shape index (κ2) is 2.90. The third-order valence-electron chi connectivity index (χ3n) is 1.63. The van der Waals surface area contributed by atoms with Crippen molar-refractivity contribution >= 4 is 0 Å². The number of rotatable bonds is 1. The molecule has 0 bridgehead atoms. The Morgan fingerprint density at radius 3 is 2.77 bits per heavy atom. The minimum atomic E-state index is -0.585. The second-order valence-electron chi connectivity index (χ2n) is 2.51. The van der Waals surface area contributed by atoms with Crippen molar-refractivity contribution in [3.05, 3.63) is 47.3 Å². The number of benzene rings is 1. The molecule has 1 aromatic heterocycles. The van der Waals surface area contributed by atoms with Crippen molar-refractivity contribution in [3.63, 3.8) is 0 Å². The van der Waals surface area contributed by atoms with Gasteiger partial charge in [0.05, 0.1) is 0 Å². The van der Waals surface area contributed by atoms with Crippen LogP contribution in [0, 0.1) is 6.92 Å². The van der Waals surface area contributed by atoms with E-state index in [4.69, 9.17) is 11.3 Å². The number of aromatic amines is 1. The first-order valence-electron chi connectivity index (χ1n) is 3.68. The number of hydrogen-bond acceptors (Lipinski definition) is 3. The molecule has 1 heterocycles. The number of H-pyrrole nitrogens is 1. The molecule has 4 heteroatoms. The van der Waals surface area contributed by atoms with Crippen molar-refractivity contribution < 1.29 is 4.42 Å². The molecule has 0 atom stereocenters. The molecule has 0 saturated heterocycles. The molecule has 0 fully saturated rings. The van der Waals surface area contributed by atoms with Crippen LogP contribution < -0.4 is 5.76 Å². The van der Waals surface area contributed by atoms with Crippen LogP contribution >= 0.6 is 0 Å². The molecule has 0 amide bonds. The quantitative estimate of drug-likeness (QED) is 0.703. The monoisotopic (exact) mass is 174 g/mol. The summed E-state index contributed by atoms with van der Waals surface area (Å²) in [6, 6.07) is 7.03. The fraction of sp³-hybridized carbons (Fsp3) is 0. The summed E-state index contributed by atoms with van der Waals surface area (Å²) in [5, 5.41) is 5.83. The van der Waals surface area contributed by atoms with Gasteiger partial charge in [-0.3, -0.25) is 0 Å². The van der Waals surface area contributed by atoms with Crippen molar-refractivity contribution in [1.29, 1.82) is 0 Å². The normalized spacial score (nSPS) is 10.2. The summed E-state index contributed by atoms with van der Waals surface area (Å²) in [6.07, 6.45) is 0. The third-order valence-corrected chi connectivity index (χ3v) is 1.63. The molecular formula is C9H6N2O2. The second-order valence-corrected chi connectivity index (χ2v) is 2.51. The van der Waals surface area contributed by atoms with Crippen LogP contribution in [0.25, 0.3) is 11.5 Å². The van der Waals surface area contributed by atoms with Gasteiger partial charge in [0.1, 0.15) is 0 Å². The fourth-order valence-electron chi connectivity index (χ4n) is 1.04. The maximum absolute atomic E-state index is 10.6. The molecule has 1 aromatic carbocycles. The van der Waals surface area contributed by atoms with Crippen LogP contribution in [0.1, 0.15) is 5.56 Å². The Labute approximate surface area is 74.2 Å². The Bertz CT molecular complexity index is 470. The standard InChI is InChI=1S/C9H6N2O2/c1-6-4-2-3-5-7(6)8-10-11-9(12)13-8/h1-5H,(H,11,12). The van der Waals surface area contributed by atoms with E-state index in [0.29, 0.717) is 11.1 Å². The SMILES string of the molecule is [CH]c1ccccc1-c1n[nH]c(=O)o1. The average molecular weight is 174 g/mol. The van der Waals surface area contributed by atoms with Crippen molar-refractivity contribution in [2.45, 2.75) is 0 Å². The van der Waals surface area contributed by atoms with Crippen LogP contribution in [0.2, 0.25) is 0 Å². The van der Waals surface area contributed by atoms with Crippen molar-refractivity contribution in [1.82, 2.24) is 10.2 Å². The van der Waals surface area contributed by atoms with E-state index in [9.17, 15) is 4.79 Å². The molecule has 0 saturated carbocycles. The summed E-state index contributed by atoms with van der Waals surface area (Å²) in [7, 11) is 0. The van der Waals surface area contributed by atoms with Gasteiger partial charge in [-0.15, -0.1) is 5.10 Å². The molecule has 0 unspecified atom stereocenters. The lowest BCUT2D eigenvalue weighted by molar-refractivity contribution is 0.527. The Balaban J connectivity index is 2.58. The van der Waals surface area contributed by atoms with E-state index >= 15 is 0 Å². The first-order chi connectivity index (χ1) is 6.27. The average Bonchev–Trinajstić information content (AvgIpc) is 2.53. The number of hydrogen-bond donors (Lipinski definition) is 1. The molecular weight excluding hydrogens is 168 g/mol. The summed E-state index contributed by atoms with van der Waals surface area (Å²) < 4.78 is 4.75. The molecule has 0 aliphatic carbocycles. The summed E-state index contributed by atoms with van der Waals surface area (Å²) in [5.41, 5.74) is 1.14. The van der Waals surface area contributed by atoms with Gasteiger partial charge in [-0.05, 0) is 18.6 Å². The molecule has 1 N–H and O–H groups in total. The maximum atomic E-state index is 10.6. The van der Waals surface area contributed by atoms with E-state index in [2.05, 4.69) is 10.2 Å². The van der Waals surface area contributed by atoms with Crippen molar-refractivity contribution in [3.8, 4) is 11.5 Å². The van der Waals surface area contributed by atoms with E-state index < -0.39 is 5.76 Å². The topological polar surface area (TPSA) is 58.9 Å². The van der Waals surface area contributed by atoms with Gasteiger partial charge < -0.3 is 4.42 Å². The highest BCUT2D eigenvalue weighted by Crippen LogP contribution is 2.18. The molecule has 4 nitrogen and oxygen atoms in total. The number of aromatic nitrogens is 2. The molecule has 64 valence electrons. The zero-order valence-corrected chi connectivity index (χ0v) is 6.65. The Kier molecular flexibility index (Phi) is 1.73. The first kappa shape index (κ1) is 7.79. The maximum Gasteiger partial charge on any atom is 0.434 e. The summed E-state index contributed by atoms with van der Waals surface area (Å²) in [5.74, 6) is -0.374. The Hall–Kier alpha value is -1.84. The van der Waals surface area contributed by atoms with Gasteiger partial charge in [0.25, 0.3) is 0 Å². The first-order valence-corrected chi connectivity index (χ1v) is 3.68. The summed E-state index contributed by atoms with van der Waals surface area (Å²) in [6.45, 7) is 5.65. The summed E-state index contributed by atoms with van der Waals surface area (Å²) in [4.78, 5) is 10.6. The largest absolute Gasteiger partial charge is 0.434 e. The number of nitrogens with one attached hydrogen (secondary N) is 1. The fourth-order valence-corrected chi connectivity index (χ4v) is 1.04. The smallest absolute Gasteiger partial charge is 0.388 e. The highest BCUT2D eigenvalue weighted by atomic mass is 16.4. The highest BCUT2D eigenvalue weighted by molar-refractivity contribution is 5.58. The molecule has 0 spiro atoms. The van der Waals surface area contributed by atoms with Gasteiger partial charge in [-0.25, -0.2) is 9.89 Å². The van der Waals surface area contributed by atoms with E-state index in [-0.39, 0.29) is 5.89 Å². The van der Waals surface area contributed by atoms with Gasteiger partial charge in [-0.1, -0.05) is 18.2 Å². The minimum Gasteiger partial charge on any atom is -0.388 e. The Morgan fingerprint density at radius 1 is 1.38 bits per heavy atom. The van der Waals surface area contributed by atoms with Gasteiger partial charge >= 0.3 is 5.76 Å². The van der Waals surface area contributed by atoms with Crippen LogP contribution in [0.5, 0.6) is 0 Å². The van der Waals surface area contributed by atoms with Crippen LogP contribution in [-0.2, 0) is 0 Å². The van der Waals surface area contributed by atoms with Crippen LogP contribution in [0.3, 0.4) is 0 Å². The minimum absolute atomic E-state index is 0.211. The lowest BCUT2D eigenvalue weighted by Crippen LogP contribution is -1.93.